The van der Waals surface area contributed by atoms with Gasteiger partial charge in [0, 0.05) is 17.2 Å². The summed E-state index contributed by atoms with van der Waals surface area (Å²) in [5.74, 6) is 2.24. The van der Waals surface area contributed by atoms with Gasteiger partial charge >= 0.3 is 5.97 Å². The van der Waals surface area contributed by atoms with Gasteiger partial charge in [0.05, 0.1) is 12.5 Å². The molecule has 0 aromatic heterocycles. The number of rotatable bonds is 3. The number of carbonyl (C=O) groups excluding carboxylic acids is 2. The van der Waals surface area contributed by atoms with Crippen LogP contribution in [0.4, 0.5) is 0 Å². The Bertz CT molecular complexity index is 1140. The van der Waals surface area contributed by atoms with E-state index in [0.29, 0.717) is 29.6 Å². The van der Waals surface area contributed by atoms with Crippen molar-refractivity contribution in [2.24, 2.45) is 62.4 Å². The number of methoxy groups -OCH3 is 1. The summed E-state index contributed by atoms with van der Waals surface area (Å²) in [6.45, 7) is 18.5. The van der Waals surface area contributed by atoms with E-state index in [1.54, 1.807) is 13.3 Å². The first-order chi connectivity index (χ1) is 18.1. The molecule has 5 rings (SSSR count). The maximum Gasteiger partial charge on any atom is 0.312 e. The van der Waals surface area contributed by atoms with Gasteiger partial charge in [-0.3, -0.25) is 9.59 Å². The van der Waals surface area contributed by atoms with Gasteiger partial charge in [0.1, 0.15) is 0 Å². The lowest BCUT2D eigenvalue weighted by atomic mass is 9.32. The van der Waals surface area contributed by atoms with Gasteiger partial charge < -0.3 is 15.8 Å². The van der Waals surface area contributed by atoms with Gasteiger partial charge in [0.25, 0.3) is 0 Å². The Hall–Kier alpha value is -1.69. The van der Waals surface area contributed by atoms with Gasteiger partial charge in [-0.1, -0.05) is 46.8 Å². The molecule has 0 unspecified atom stereocenters. The van der Waals surface area contributed by atoms with Crippen LogP contribution in [0.1, 0.15) is 99.3 Å². The van der Waals surface area contributed by atoms with Crippen molar-refractivity contribution in [3.63, 3.8) is 0 Å². The minimum absolute atomic E-state index is 0.00242. The van der Waals surface area contributed by atoms with Crippen LogP contribution in [-0.2, 0) is 14.3 Å². The number of thiocarbonyl (C=S) groups is 1. The SMILES string of the molecule is C=C(C)[C@@H]1CC[C@]2(C(=O)OC)CC[C@]3(C)[C@H](CC[C@@H]4[C@@]5(C)C/C(=C/NC(N)=S)C(=O)C(C)(C)[C@@H]5CC[C@]43C)[C@@H]12. The third-order valence-corrected chi connectivity index (χ3v) is 13.8. The Labute approximate surface area is 241 Å². The molecule has 0 aliphatic heterocycles. The Balaban J connectivity index is 1.57. The lowest BCUT2D eigenvalue weighted by Gasteiger charge is -2.72. The maximum absolute atomic E-state index is 13.7. The number of Topliss-reactive ketones (excluding diaryl/α,β-unsaturated/α-hetero) is 1. The number of ketones is 1. The third kappa shape index (κ3) is 3.71. The first kappa shape index (κ1) is 28.8. The molecule has 39 heavy (non-hydrogen) atoms. The fourth-order valence-corrected chi connectivity index (χ4v) is 11.9. The van der Waals surface area contributed by atoms with Crippen LogP contribution < -0.4 is 11.1 Å². The van der Waals surface area contributed by atoms with Gasteiger partial charge in [-0.2, -0.15) is 0 Å². The smallest absolute Gasteiger partial charge is 0.312 e. The van der Waals surface area contributed by atoms with E-state index in [9.17, 15) is 9.59 Å². The van der Waals surface area contributed by atoms with Crippen molar-refractivity contribution >= 4 is 29.1 Å². The molecule has 0 saturated heterocycles. The molecule has 9 atom stereocenters. The monoisotopic (exact) mass is 554 g/mol. The average molecular weight is 555 g/mol. The van der Waals surface area contributed by atoms with Gasteiger partial charge in [-0.15, -0.1) is 0 Å². The molecule has 5 aliphatic rings. The Kier molecular flexibility index (Phi) is 6.77. The van der Waals surface area contributed by atoms with Crippen LogP contribution in [0.25, 0.3) is 0 Å². The van der Waals surface area contributed by atoms with Crippen molar-refractivity contribution in [3.05, 3.63) is 23.9 Å². The second kappa shape index (κ2) is 9.16. The van der Waals surface area contributed by atoms with E-state index in [0.717, 1.165) is 63.4 Å². The van der Waals surface area contributed by atoms with E-state index in [-0.39, 0.29) is 38.5 Å². The Morgan fingerprint density at radius 2 is 1.72 bits per heavy atom. The summed E-state index contributed by atoms with van der Waals surface area (Å²) in [4.78, 5) is 27.1. The number of nitrogens with two attached hydrogens (primary N) is 1. The molecule has 3 N–H and O–H groups in total. The first-order valence-corrected chi connectivity index (χ1v) is 15.5. The molecule has 5 nitrogen and oxygen atoms in total. The van der Waals surface area contributed by atoms with E-state index < -0.39 is 5.41 Å². The van der Waals surface area contributed by atoms with Gasteiger partial charge in [-0.25, -0.2) is 0 Å². The third-order valence-electron chi connectivity index (χ3n) is 13.6. The normalized spacial score (nSPS) is 47.3. The van der Waals surface area contributed by atoms with Crippen molar-refractivity contribution in [1.29, 1.82) is 0 Å². The zero-order valence-electron chi connectivity index (χ0n) is 25.2. The summed E-state index contributed by atoms with van der Waals surface area (Å²) in [5, 5.41) is 3.16. The van der Waals surface area contributed by atoms with Crippen molar-refractivity contribution in [2.75, 3.05) is 7.11 Å². The number of carbonyl (C=O) groups is 2. The zero-order valence-corrected chi connectivity index (χ0v) is 26.1. The molecule has 0 radical (unpaired) electrons. The number of fused-ring (bicyclic) bond motifs is 7. The van der Waals surface area contributed by atoms with E-state index in [4.69, 9.17) is 22.7 Å². The van der Waals surface area contributed by atoms with Gasteiger partial charge in [0.15, 0.2) is 10.9 Å². The van der Waals surface area contributed by atoms with Gasteiger partial charge in [0.2, 0.25) is 0 Å². The molecule has 0 amide bonds. The molecule has 0 heterocycles. The summed E-state index contributed by atoms with van der Waals surface area (Å²) in [6.07, 6.45) is 11.0. The topological polar surface area (TPSA) is 81.4 Å². The van der Waals surface area contributed by atoms with Crippen LogP contribution in [0, 0.1) is 56.7 Å². The molecule has 216 valence electrons. The highest BCUT2D eigenvalue weighted by Crippen LogP contribution is 2.77. The average Bonchev–Trinajstić information content (AvgIpc) is 3.26. The summed E-state index contributed by atoms with van der Waals surface area (Å²) >= 11 is 5.06. The van der Waals surface area contributed by atoms with Crippen LogP contribution in [0.15, 0.2) is 23.9 Å². The van der Waals surface area contributed by atoms with Crippen LogP contribution >= 0.6 is 12.2 Å². The lowest BCUT2D eigenvalue weighted by Crippen LogP contribution is -2.67. The molecule has 0 spiro atoms. The van der Waals surface area contributed by atoms with Crippen LogP contribution in [0.3, 0.4) is 0 Å². The van der Waals surface area contributed by atoms with Crippen molar-refractivity contribution in [3.8, 4) is 0 Å². The Morgan fingerprint density at radius 3 is 2.33 bits per heavy atom. The number of nitrogens with one attached hydrogen (secondary N) is 1. The predicted octanol–water partition coefficient (Wildman–Crippen LogP) is 6.71. The van der Waals surface area contributed by atoms with Crippen molar-refractivity contribution in [1.82, 2.24) is 5.32 Å². The van der Waals surface area contributed by atoms with Crippen molar-refractivity contribution < 1.29 is 14.3 Å². The second-order valence-corrected chi connectivity index (χ2v) is 15.7. The van der Waals surface area contributed by atoms with E-state index in [1.165, 1.54) is 5.57 Å². The molecule has 5 saturated carbocycles. The molecule has 0 aromatic rings. The Morgan fingerprint density at radius 1 is 1.03 bits per heavy atom. The minimum Gasteiger partial charge on any atom is -0.469 e. The molecular weight excluding hydrogens is 504 g/mol. The zero-order chi connectivity index (χ0) is 28.8. The molecule has 0 bridgehead atoms. The highest BCUT2D eigenvalue weighted by atomic mass is 32.1. The highest BCUT2D eigenvalue weighted by Gasteiger charge is 2.72. The second-order valence-electron chi connectivity index (χ2n) is 15.2. The molecule has 0 aromatic carbocycles. The standard InChI is InChI=1S/C33H50N2O3S/c1-19(2)21-11-14-33(27(37)38-8)16-15-31(6)22(25(21)33)9-10-24-30(5)17-20(18-35-28(34)39)26(36)29(3,4)23(30)12-13-32(24,31)7/h18,21-25H,1,9-17H2,2-8H3,(H3,34,35,39)/b20-18-/t21-,22+,23-,24+,25+,30-,31+,32+,33-/m0/s1. The van der Waals surface area contributed by atoms with E-state index in [2.05, 4.69) is 53.4 Å². The van der Waals surface area contributed by atoms with Crippen LogP contribution in [-0.4, -0.2) is 24.0 Å². The molecule has 6 heteroatoms. The number of esters is 1. The lowest BCUT2D eigenvalue weighted by molar-refractivity contribution is -0.232. The number of hydrogen-bond donors (Lipinski definition) is 2. The quantitative estimate of drug-likeness (QED) is 0.175. The first-order valence-electron chi connectivity index (χ1n) is 15.1. The number of allylic oxidation sites excluding steroid dienone is 2. The van der Waals surface area contributed by atoms with Crippen molar-refractivity contribution in [2.45, 2.75) is 99.3 Å². The molecular formula is C33H50N2O3S. The highest BCUT2D eigenvalue weighted by molar-refractivity contribution is 7.80. The van der Waals surface area contributed by atoms with Gasteiger partial charge in [-0.05, 0) is 123 Å². The molecule has 5 fully saturated rings. The summed E-state index contributed by atoms with van der Waals surface area (Å²) < 4.78 is 5.51. The summed E-state index contributed by atoms with van der Waals surface area (Å²) in [6, 6.07) is 0. The maximum atomic E-state index is 13.7. The predicted molar refractivity (Wildman–Crippen MR) is 159 cm³/mol. The number of ether oxygens (including phenoxy) is 1. The number of hydrogen-bond acceptors (Lipinski definition) is 4. The minimum atomic E-state index is -0.432. The van der Waals surface area contributed by atoms with E-state index in [1.807, 2.05) is 0 Å². The van der Waals surface area contributed by atoms with Crippen LogP contribution in [0.2, 0.25) is 0 Å². The van der Waals surface area contributed by atoms with Crippen LogP contribution in [0.5, 0.6) is 0 Å². The van der Waals surface area contributed by atoms with E-state index >= 15 is 0 Å². The molecule has 5 aliphatic carbocycles. The fraction of sp³-hybridized carbons (Fsp3) is 0.788. The largest absolute Gasteiger partial charge is 0.469 e. The summed E-state index contributed by atoms with van der Waals surface area (Å²) in [7, 11) is 1.57. The summed E-state index contributed by atoms with van der Waals surface area (Å²) in [5.41, 5.74) is 7.26. The fourth-order valence-electron chi connectivity index (χ4n) is 11.8.